The van der Waals surface area contributed by atoms with Gasteiger partial charge in [0.1, 0.15) is 5.52 Å². The second-order valence-corrected chi connectivity index (χ2v) is 5.57. The first-order chi connectivity index (χ1) is 10.8. The van der Waals surface area contributed by atoms with Crippen molar-refractivity contribution in [2.75, 3.05) is 13.1 Å². The standard InChI is InChI=1S/C18H16N2O2/c21-18(20-10-4-5-11-20)14-8-9-16-15(12-14)19-17(22-16)13-6-2-1-3-7-13/h1-3,6-9,12H,4-5,10-11H2. The van der Waals surface area contributed by atoms with Crippen LogP contribution in [-0.2, 0) is 0 Å². The van der Waals surface area contributed by atoms with E-state index in [-0.39, 0.29) is 5.91 Å². The first-order valence-electron chi connectivity index (χ1n) is 7.56. The van der Waals surface area contributed by atoms with Crippen molar-refractivity contribution >= 4 is 17.0 Å². The zero-order chi connectivity index (χ0) is 14.9. The molecule has 1 aromatic heterocycles. The van der Waals surface area contributed by atoms with Gasteiger partial charge in [-0.1, -0.05) is 18.2 Å². The van der Waals surface area contributed by atoms with Crippen molar-refractivity contribution in [1.29, 1.82) is 0 Å². The molecular formula is C18H16N2O2. The molecule has 0 bridgehead atoms. The quantitative estimate of drug-likeness (QED) is 0.723. The van der Waals surface area contributed by atoms with Gasteiger partial charge in [0.05, 0.1) is 0 Å². The summed E-state index contributed by atoms with van der Waals surface area (Å²) in [5.41, 5.74) is 3.05. The minimum atomic E-state index is 0.0867. The Morgan fingerprint density at radius 1 is 1.05 bits per heavy atom. The van der Waals surface area contributed by atoms with Crippen LogP contribution in [0.25, 0.3) is 22.6 Å². The van der Waals surface area contributed by atoms with Crippen molar-refractivity contribution in [2.24, 2.45) is 0 Å². The maximum Gasteiger partial charge on any atom is 0.253 e. The number of hydrogen-bond acceptors (Lipinski definition) is 3. The molecule has 4 nitrogen and oxygen atoms in total. The fraction of sp³-hybridized carbons (Fsp3) is 0.222. The summed E-state index contributed by atoms with van der Waals surface area (Å²) in [6.45, 7) is 1.70. The van der Waals surface area contributed by atoms with Crippen LogP contribution >= 0.6 is 0 Å². The summed E-state index contributed by atoms with van der Waals surface area (Å²) in [4.78, 5) is 18.9. The molecule has 0 radical (unpaired) electrons. The van der Waals surface area contributed by atoms with Crippen LogP contribution in [0.1, 0.15) is 23.2 Å². The molecule has 110 valence electrons. The molecule has 0 spiro atoms. The molecule has 2 aromatic carbocycles. The highest BCUT2D eigenvalue weighted by Gasteiger charge is 2.20. The molecule has 1 saturated heterocycles. The number of carbonyl (C=O) groups is 1. The molecule has 4 rings (SSSR count). The van der Waals surface area contributed by atoms with E-state index >= 15 is 0 Å². The predicted octanol–water partition coefficient (Wildman–Crippen LogP) is 3.73. The van der Waals surface area contributed by atoms with E-state index in [1.165, 1.54) is 0 Å². The first-order valence-corrected chi connectivity index (χ1v) is 7.56. The predicted molar refractivity (Wildman–Crippen MR) is 84.6 cm³/mol. The summed E-state index contributed by atoms with van der Waals surface area (Å²) >= 11 is 0. The summed E-state index contributed by atoms with van der Waals surface area (Å²) in [5, 5.41) is 0. The Balaban J connectivity index is 1.70. The van der Waals surface area contributed by atoms with Crippen molar-refractivity contribution in [3.05, 3.63) is 54.1 Å². The number of likely N-dealkylation sites (tertiary alicyclic amines) is 1. The average molecular weight is 292 g/mol. The van der Waals surface area contributed by atoms with Gasteiger partial charge in [0.15, 0.2) is 5.58 Å². The zero-order valence-corrected chi connectivity index (χ0v) is 12.2. The molecule has 0 atom stereocenters. The van der Waals surface area contributed by atoms with E-state index in [0.717, 1.165) is 37.0 Å². The monoisotopic (exact) mass is 292 g/mol. The first kappa shape index (κ1) is 13.1. The molecule has 1 amide bonds. The van der Waals surface area contributed by atoms with Crippen LogP contribution in [0.5, 0.6) is 0 Å². The number of carbonyl (C=O) groups excluding carboxylic acids is 1. The number of aromatic nitrogens is 1. The second kappa shape index (κ2) is 5.30. The third-order valence-corrected chi connectivity index (χ3v) is 4.05. The lowest BCUT2D eigenvalue weighted by molar-refractivity contribution is 0.0793. The fourth-order valence-corrected chi connectivity index (χ4v) is 2.87. The van der Waals surface area contributed by atoms with Crippen molar-refractivity contribution in [3.63, 3.8) is 0 Å². The maximum absolute atomic E-state index is 12.4. The third kappa shape index (κ3) is 2.26. The van der Waals surface area contributed by atoms with Gasteiger partial charge in [-0.2, -0.15) is 0 Å². The summed E-state index contributed by atoms with van der Waals surface area (Å²) in [5.74, 6) is 0.671. The second-order valence-electron chi connectivity index (χ2n) is 5.57. The van der Waals surface area contributed by atoms with Gasteiger partial charge in [0.2, 0.25) is 5.89 Å². The average Bonchev–Trinajstić information content (AvgIpc) is 3.23. The minimum Gasteiger partial charge on any atom is -0.436 e. The van der Waals surface area contributed by atoms with Crippen LogP contribution < -0.4 is 0 Å². The Bertz CT molecular complexity index is 817. The van der Waals surface area contributed by atoms with Gasteiger partial charge < -0.3 is 9.32 Å². The third-order valence-electron chi connectivity index (χ3n) is 4.05. The molecule has 1 aliphatic heterocycles. The Morgan fingerprint density at radius 3 is 2.59 bits per heavy atom. The van der Waals surface area contributed by atoms with Crippen molar-refractivity contribution in [2.45, 2.75) is 12.8 Å². The number of amides is 1. The Kier molecular flexibility index (Phi) is 3.15. The molecule has 2 heterocycles. The number of nitrogens with zero attached hydrogens (tertiary/aromatic N) is 2. The van der Waals surface area contributed by atoms with Gasteiger partial charge in [0, 0.05) is 24.2 Å². The highest BCUT2D eigenvalue weighted by atomic mass is 16.3. The van der Waals surface area contributed by atoms with Gasteiger partial charge in [-0.15, -0.1) is 0 Å². The van der Waals surface area contributed by atoms with Crippen LogP contribution in [0.15, 0.2) is 52.9 Å². The van der Waals surface area contributed by atoms with E-state index in [1.54, 1.807) is 0 Å². The number of rotatable bonds is 2. The zero-order valence-electron chi connectivity index (χ0n) is 12.2. The number of benzene rings is 2. The van der Waals surface area contributed by atoms with Crippen LogP contribution in [0, 0.1) is 0 Å². The van der Waals surface area contributed by atoms with Crippen LogP contribution in [0.4, 0.5) is 0 Å². The van der Waals surface area contributed by atoms with Gasteiger partial charge in [-0.05, 0) is 43.2 Å². The highest BCUT2D eigenvalue weighted by Crippen LogP contribution is 2.25. The molecule has 22 heavy (non-hydrogen) atoms. The van der Waals surface area contributed by atoms with E-state index in [4.69, 9.17) is 4.42 Å². The molecule has 0 saturated carbocycles. The lowest BCUT2D eigenvalue weighted by Gasteiger charge is -2.14. The molecule has 4 heteroatoms. The largest absolute Gasteiger partial charge is 0.436 e. The number of oxazole rings is 1. The van der Waals surface area contributed by atoms with Crippen molar-refractivity contribution in [3.8, 4) is 11.5 Å². The molecule has 3 aromatic rings. The van der Waals surface area contributed by atoms with E-state index in [0.29, 0.717) is 17.0 Å². The smallest absolute Gasteiger partial charge is 0.253 e. The van der Waals surface area contributed by atoms with Crippen LogP contribution in [0.2, 0.25) is 0 Å². The molecule has 1 fully saturated rings. The summed E-state index contributed by atoms with van der Waals surface area (Å²) < 4.78 is 5.78. The summed E-state index contributed by atoms with van der Waals surface area (Å²) in [6.07, 6.45) is 2.19. The summed E-state index contributed by atoms with van der Waals surface area (Å²) in [7, 11) is 0. The van der Waals surface area contributed by atoms with Crippen molar-refractivity contribution < 1.29 is 9.21 Å². The van der Waals surface area contributed by atoms with Gasteiger partial charge >= 0.3 is 0 Å². The number of hydrogen-bond donors (Lipinski definition) is 0. The van der Waals surface area contributed by atoms with Crippen molar-refractivity contribution in [1.82, 2.24) is 9.88 Å². The van der Waals surface area contributed by atoms with E-state index in [9.17, 15) is 4.79 Å². The molecular weight excluding hydrogens is 276 g/mol. The van der Waals surface area contributed by atoms with Crippen LogP contribution in [0.3, 0.4) is 0 Å². The molecule has 0 unspecified atom stereocenters. The highest BCUT2D eigenvalue weighted by molar-refractivity contribution is 5.97. The van der Waals surface area contributed by atoms with E-state index in [1.807, 2.05) is 53.4 Å². The molecule has 0 aliphatic carbocycles. The van der Waals surface area contributed by atoms with Crippen LogP contribution in [-0.4, -0.2) is 28.9 Å². The number of fused-ring (bicyclic) bond motifs is 1. The summed E-state index contributed by atoms with van der Waals surface area (Å²) in [6, 6.07) is 15.3. The minimum absolute atomic E-state index is 0.0867. The normalized spacial score (nSPS) is 14.6. The lowest BCUT2D eigenvalue weighted by atomic mass is 10.2. The Morgan fingerprint density at radius 2 is 1.82 bits per heavy atom. The van der Waals surface area contributed by atoms with Gasteiger partial charge in [-0.25, -0.2) is 4.98 Å². The molecule has 0 N–H and O–H groups in total. The van der Waals surface area contributed by atoms with E-state index in [2.05, 4.69) is 4.98 Å². The topological polar surface area (TPSA) is 46.3 Å². The Hall–Kier alpha value is -2.62. The maximum atomic E-state index is 12.4. The van der Waals surface area contributed by atoms with Gasteiger partial charge in [-0.3, -0.25) is 4.79 Å². The SMILES string of the molecule is O=C(c1ccc2oc(-c3ccccc3)nc2c1)N1CCCC1. The fourth-order valence-electron chi connectivity index (χ4n) is 2.87. The van der Waals surface area contributed by atoms with E-state index < -0.39 is 0 Å². The lowest BCUT2D eigenvalue weighted by Crippen LogP contribution is -2.27. The molecule has 1 aliphatic rings. The Labute approximate surface area is 128 Å². The van der Waals surface area contributed by atoms with Gasteiger partial charge in [0.25, 0.3) is 5.91 Å².